The average molecular weight is 629 g/mol. The predicted molar refractivity (Wildman–Crippen MR) is 205 cm³/mol. The molecule has 2 aliphatic heterocycles. The van der Waals surface area contributed by atoms with Gasteiger partial charge in [-0.15, -0.1) is 11.3 Å². The second kappa shape index (κ2) is 10.1. The van der Waals surface area contributed by atoms with E-state index < -0.39 is 0 Å². The Morgan fingerprint density at radius 2 is 1.23 bits per heavy atom. The van der Waals surface area contributed by atoms with Crippen molar-refractivity contribution < 1.29 is 0 Å². The van der Waals surface area contributed by atoms with Crippen molar-refractivity contribution in [3.8, 4) is 0 Å². The first-order valence-electron chi connectivity index (χ1n) is 17.2. The third kappa shape index (κ3) is 4.17. The molecule has 1 aliphatic carbocycles. The summed E-state index contributed by atoms with van der Waals surface area (Å²) in [6.07, 6.45) is 2.40. The third-order valence-electron chi connectivity index (χ3n) is 11.3. The van der Waals surface area contributed by atoms with Crippen molar-refractivity contribution in [1.82, 2.24) is 0 Å². The van der Waals surface area contributed by atoms with Gasteiger partial charge in [0, 0.05) is 43.3 Å². The van der Waals surface area contributed by atoms with E-state index in [-0.39, 0.29) is 17.5 Å². The molecule has 1 aromatic heterocycles. The van der Waals surface area contributed by atoms with E-state index in [4.69, 9.17) is 0 Å². The lowest BCUT2D eigenvalue weighted by molar-refractivity contribution is 0.332. The van der Waals surface area contributed by atoms with Crippen molar-refractivity contribution in [3.05, 3.63) is 126 Å². The number of nitrogens with zero attached hydrogens (tertiary/aromatic N) is 2. The number of rotatable bonds is 3. The minimum atomic E-state index is 0.122. The van der Waals surface area contributed by atoms with E-state index in [0.29, 0.717) is 5.92 Å². The first kappa shape index (κ1) is 28.9. The standard InChI is InChI=1S/C43H41BN2S/c1-27(2)28-20-21-38-31(24-28)40-41(47-38)44-34-25-32-33(43(5,6)23-22-42(32,3)4)26-37(34)45(29-14-9-7-10-15-29)35-18-13-19-36(39(35)44)46(40)30-16-11-8-12-17-30/h7-21,24-27H,22-23H2,1-6H3. The van der Waals surface area contributed by atoms with Crippen LogP contribution in [-0.2, 0) is 10.8 Å². The van der Waals surface area contributed by atoms with Gasteiger partial charge in [0.15, 0.2) is 0 Å². The topological polar surface area (TPSA) is 6.48 Å². The molecule has 232 valence electrons. The summed E-state index contributed by atoms with van der Waals surface area (Å²) in [4.78, 5) is 5.12. The van der Waals surface area contributed by atoms with E-state index in [2.05, 4.69) is 161 Å². The van der Waals surface area contributed by atoms with Gasteiger partial charge in [0.25, 0.3) is 6.71 Å². The van der Waals surface area contributed by atoms with Crippen LogP contribution in [0.3, 0.4) is 0 Å². The van der Waals surface area contributed by atoms with Crippen molar-refractivity contribution in [2.45, 2.75) is 71.1 Å². The molecule has 0 spiro atoms. The first-order chi connectivity index (χ1) is 22.6. The number of anilines is 6. The number of fused-ring (bicyclic) bond motifs is 7. The zero-order valence-electron chi connectivity index (χ0n) is 28.3. The smallest absolute Gasteiger partial charge is 0.264 e. The quantitative estimate of drug-likeness (QED) is 0.180. The number of benzene rings is 5. The molecule has 0 N–H and O–H groups in total. The van der Waals surface area contributed by atoms with Crippen molar-refractivity contribution in [2.75, 3.05) is 9.80 Å². The van der Waals surface area contributed by atoms with Crippen LogP contribution in [0.25, 0.3) is 10.1 Å². The van der Waals surface area contributed by atoms with Gasteiger partial charge in [-0.3, -0.25) is 0 Å². The fraction of sp³-hybridized carbons (Fsp3) is 0.256. The predicted octanol–water partition coefficient (Wildman–Crippen LogP) is 10.5. The molecule has 0 fully saturated rings. The lowest BCUT2D eigenvalue weighted by atomic mass is 9.35. The van der Waals surface area contributed by atoms with Gasteiger partial charge in [-0.05, 0) is 112 Å². The summed E-state index contributed by atoms with van der Waals surface area (Å²) in [6.45, 7) is 14.6. The molecule has 2 nitrogen and oxygen atoms in total. The third-order valence-corrected chi connectivity index (χ3v) is 12.5. The summed E-state index contributed by atoms with van der Waals surface area (Å²) >= 11 is 1.99. The molecular weight excluding hydrogens is 587 g/mol. The SMILES string of the molecule is CC(C)c1ccc2sc3c(c2c1)N(c1ccccc1)c1cccc2c1B3c1cc3c(cc1N2c1ccccc1)C(C)(C)CCC3(C)C. The summed E-state index contributed by atoms with van der Waals surface area (Å²) in [5.41, 5.74) is 15.2. The number of hydrogen-bond donors (Lipinski definition) is 0. The minimum Gasteiger partial charge on any atom is -0.311 e. The average Bonchev–Trinajstić information content (AvgIpc) is 3.45. The Labute approximate surface area is 283 Å². The Morgan fingerprint density at radius 3 is 1.87 bits per heavy atom. The van der Waals surface area contributed by atoms with Crippen molar-refractivity contribution in [2.24, 2.45) is 0 Å². The van der Waals surface area contributed by atoms with E-state index in [1.807, 2.05) is 11.3 Å². The second-order valence-electron chi connectivity index (χ2n) is 15.4. The normalized spacial score (nSPS) is 17.0. The zero-order valence-corrected chi connectivity index (χ0v) is 29.1. The van der Waals surface area contributed by atoms with Crippen molar-refractivity contribution in [1.29, 1.82) is 0 Å². The van der Waals surface area contributed by atoms with E-state index in [1.54, 1.807) is 0 Å². The molecule has 47 heavy (non-hydrogen) atoms. The Bertz CT molecular complexity index is 2190. The second-order valence-corrected chi connectivity index (χ2v) is 16.5. The van der Waals surface area contributed by atoms with Gasteiger partial charge in [-0.1, -0.05) is 96.1 Å². The minimum absolute atomic E-state index is 0.122. The summed E-state index contributed by atoms with van der Waals surface area (Å²) in [7, 11) is 0. The fourth-order valence-corrected chi connectivity index (χ4v) is 9.86. The van der Waals surface area contributed by atoms with Crippen molar-refractivity contribution in [3.63, 3.8) is 0 Å². The Morgan fingerprint density at radius 1 is 0.638 bits per heavy atom. The zero-order chi connectivity index (χ0) is 32.2. The summed E-state index contributed by atoms with van der Waals surface area (Å²) < 4.78 is 2.81. The largest absolute Gasteiger partial charge is 0.311 e. The molecule has 4 heteroatoms. The molecule has 0 saturated heterocycles. The summed E-state index contributed by atoms with van der Waals surface area (Å²) in [6, 6.07) is 41.4. The van der Waals surface area contributed by atoms with Crippen LogP contribution in [0.2, 0.25) is 0 Å². The molecule has 0 atom stereocenters. The molecular formula is C43H41BN2S. The first-order valence-corrected chi connectivity index (χ1v) is 18.0. The molecule has 9 rings (SSSR count). The fourth-order valence-electron chi connectivity index (χ4n) is 8.56. The van der Waals surface area contributed by atoms with E-state index >= 15 is 0 Å². The van der Waals surface area contributed by atoms with Gasteiger partial charge in [0.2, 0.25) is 0 Å². The molecule has 3 heterocycles. The highest BCUT2D eigenvalue weighted by atomic mass is 32.1. The van der Waals surface area contributed by atoms with Crippen molar-refractivity contribution >= 4 is 78.0 Å². The Hall–Kier alpha value is -4.28. The van der Waals surface area contributed by atoms with Gasteiger partial charge >= 0.3 is 0 Å². The van der Waals surface area contributed by atoms with Crippen LogP contribution in [0.15, 0.2) is 109 Å². The molecule has 0 unspecified atom stereocenters. The Kier molecular flexibility index (Phi) is 6.22. The van der Waals surface area contributed by atoms with E-state index in [9.17, 15) is 0 Å². The molecule has 6 aromatic rings. The van der Waals surface area contributed by atoms with Gasteiger partial charge in [-0.2, -0.15) is 0 Å². The van der Waals surface area contributed by atoms with Crippen LogP contribution in [0, 0.1) is 0 Å². The summed E-state index contributed by atoms with van der Waals surface area (Å²) in [5, 5.41) is 1.36. The van der Waals surface area contributed by atoms with E-state index in [0.717, 1.165) is 0 Å². The van der Waals surface area contributed by atoms with Crippen LogP contribution in [-0.4, -0.2) is 6.71 Å². The van der Waals surface area contributed by atoms with Crippen LogP contribution in [0.4, 0.5) is 34.1 Å². The van der Waals surface area contributed by atoms with Crippen LogP contribution < -0.4 is 25.5 Å². The van der Waals surface area contributed by atoms with Gasteiger partial charge in [-0.25, -0.2) is 0 Å². The highest BCUT2D eigenvalue weighted by molar-refractivity contribution is 7.33. The van der Waals surface area contributed by atoms with Crippen LogP contribution in [0.1, 0.15) is 77.0 Å². The molecule has 0 saturated carbocycles. The highest BCUT2D eigenvalue weighted by Gasteiger charge is 2.47. The monoisotopic (exact) mass is 628 g/mol. The van der Waals surface area contributed by atoms with Crippen LogP contribution >= 0.6 is 11.3 Å². The molecule has 0 bridgehead atoms. The number of hydrogen-bond acceptors (Lipinski definition) is 3. The highest BCUT2D eigenvalue weighted by Crippen LogP contribution is 2.51. The number of thiophene rings is 1. The van der Waals surface area contributed by atoms with Crippen LogP contribution in [0.5, 0.6) is 0 Å². The molecule has 0 radical (unpaired) electrons. The lowest BCUT2D eigenvalue weighted by Crippen LogP contribution is -2.61. The molecule has 5 aromatic carbocycles. The number of para-hydroxylation sites is 2. The maximum Gasteiger partial charge on any atom is 0.264 e. The van der Waals surface area contributed by atoms with Gasteiger partial charge in [0.1, 0.15) is 0 Å². The maximum atomic E-state index is 2.64. The van der Waals surface area contributed by atoms with Gasteiger partial charge < -0.3 is 9.80 Å². The summed E-state index contributed by atoms with van der Waals surface area (Å²) in [5.74, 6) is 0.467. The van der Waals surface area contributed by atoms with Gasteiger partial charge in [0.05, 0.1) is 5.69 Å². The van der Waals surface area contributed by atoms with E-state index in [1.165, 1.54) is 89.4 Å². The molecule has 0 amide bonds. The lowest BCUT2D eigenvalue weighted by Gasteiger charge is -2.46. The Balaban J connectivity index is 1.42. The molecule has 3 aliphatic rings. The maximum absolute atomic E-state index is 2.64.